The number of anilines is 2. The van der Waals surface area contributed by atoms with Crippen LogP contribution in [0.25, 0.3) is 5.82 Å². The van der Waals surface area contributed by atoms with Gasteiger partial charge < -0.3 is 10.6 Å². The summed E-state index contributed by atoms with van der Waals surface area (Å²) in [6, 6.07) is 13.7. The van der Waals surface area contributed by atoms with E-state index in [0.29, 0.717) is 17.8 Å². The lowest BCUT2D eigenvalue weighted by molar-refractivity contribution is 0.0949. The molecule has 11 nitrogen and oxygen atoms in total. The molecule has 2 aromatic heterocycles. The van der Waals surface area contributed by atoms with Crippen LogP contribution >= 0.6 is 0 Å². The molecule has 4 aromatic rings. The molecule has 3 N–H and O–H groups in total. The number of halogens is 1. The summed E-state index contributed by atoms with van der Waals surface area (Å²) >= 11 is 0. The number of nitrogens with one attached hydrogen (secondary N) is 1. The van der Waals surface area contributed by atoms with Crippen LogP contribution in [0.3, 0.4) is 0 Å². The maximum absolute atomic E-state index is 13.0. The van der Waals surface area contributed by atoms with Gasteiger partial charge in [-0.1, -0.05) is 35.5 Å². The summed E-state index contributed by atoms with van der Waals surface area (Å²) in [5.74, 6) is -0.775. The topological polar surface area (TPSA) is 140 Å². The summed E-state index contributed by atoms with van der Waals surface area (Å²) in [6.07, 6.45) is 2.28. The van der Waals surface area contributed by atoms with E-state index in [1.807, 2.05) is 18.2 Å². The summed E-state index contributed by atoms with van der Waals surface area (Å²) in [7, 11) is 0. The standard InChI is InChI=1S/C21H18FN9O2/c22-15-7-5-13(6-8-15)11-24-26-21(32)18-17(31(29-25-18)20-19(23)27-33-28-20)12-30-10-9-14-3-1-2-4-16(14)30/h1-8,11H,9-10,12H2,(H2,23,27)(H,26,32)/b24-11-. The summed E-state index contributed by atoms with van der Waals surface area (Å²) in [5.41, 5.74) is 11.7. The molecular weight excluding hydrogens is 429 g/mol. The molecule has 0 aliphatic carbocycles. The molecule has 0 spiro atoms. The van der Waals surface area contributed by atoms with Gasteiger partial charge >= 0.3 is 0 Å². The Labute approximate surface area is 186 Å². The zero-order valence-electron chi connectivity index (χ0n) is 17.2. The number of fused-ring (bicyclic) bond motifs is 1. The van der Waals surface area contributed by atoms with Gasteiger partial charge in [-0.3, -0.25) is 4.79 Å². The highest BCUT2D eigenvalue weighted by molar-refractivity contribution is 5.94. The second-order valence-corrected chi connectivity index (χ2v) is 7.32. The van der Waals surface area contributed by atoms with Gasteiger partial charge in [0.2, 0.25) is 11.6 Å². The van der Waals surface area contributed by atoms with Gasteiger partial charge in [-0.05, 0) is 46.1 Å². The van der Waals surface area contributed by atoms with Crippen molar-refractivity contribution >= 4 is 23.6 Å². The first-order valence-corrected chi connectivity index (χ1v) is 10.0. The average molecular weight is 447 g/mol. The Morgan fingerprint density at radius 3 is 2.82 bits per heavy atom. The van der Waals surface area contributed by atoms with E-state index in [1.54, 1.807) is 0 Å². The smallest absolute Gasteiger partial charge is 0.293 e. The molecule has 0 saturated carbocycles. The van der Waals surface area contributed by atoms with Crippen LogP contribution in [0, 0.1) is 5.82 Å². The summed E-state index contributed by atoms with van der Waals surface area (Å²) in [4.78, 5) is 15.0. The van der Waals surface area contributed by atoms with E-state index in [4.69, 9.17) is 10.4 Å². The predicted molar refractivity (Wildman–Crippen MR) is 116 cm³/mol. The molecule has 5 rings (SSSR count). The highest BCUT2D eigenvalue weighted by Gasteiger charge is 2.27. The number of rotatable bonds is 6. The van der Waals surface area contributed by atoms with Crippen molar-refractivity contribution in [2.24, 2.45) is 5.10 Å². The van der Waals surface area contributed by atoms with Gasteiger partial charge in [0.25, 0.3) is 5.91 Å². The Hall–Kier alpha value is -4.61. The number of carbonyl (C=O) groups is 1. The molecule has 2 aromatic carbocycles. The second-order valence-electron chi connectivity index (χ2n) is 7.32. The van der Waals surface area contributed by atoms with Gasteiger partial charge in [0.05, 0.1) is 18.5 Å². The minimum Gasteiger partial charge on any atom is -0.378 e. The molecule has 3 heterocycles. The molecule has 0 radical (unpaired) electrons. The van der Waals surface area contributed by atoms with Crippen molar-refractivity contribution in [1.29, 1.82) is 0 Å². The third kappa shape index (κ3) is 4.01. The van der Waals surface area contributed by atoms with Crippen LogP contribution in [-0.2, 0) is 13.0 Å². The number of amides is 1. The number of hydrazone groups is 1. The Morgan fingerprint density at radius 2 is 2.03 bits per heavy atom. The van der Waals surface area contributed by atoms with E-state index in [9.17, 15) is 9.18 Å². The Morgan fingerprint density at radius 1 is 1.21 bits per heavy atom. The van der Waals surface area contributed by atoms with Crippen molar-refractivity contribution in [2.75, 3.05) is 17.2 Å². The molecule has 0 fully saturated rings. The van der Waals surface area contributed by atoms with Crippen molar-refractivity contribution < 1.29 is 13.8 Å². The molecule has 0 bridgehead atoms. The van der Waals surface area contributed by atoms with Gasteiger partial charge in [0, 0.05) is 12.2 Å². The van der Waals surface area contributed by atoms with E-state index in [2.05, 4.69) is 42.1 Å². The number of nitrogens with zero attached hydrogens (tertiary/aromatic N) is 7. The predicted octanol–water partition coefficient (Wildman–Crippen LogP) is 1.70. The van der Waals surface area contributed by atoms with E-state index in [0.717, 1.165) is 18.7 Å². The van der Waals surface area contributed by atoms with Gasteiger partial charge in [-0.2, -0.15) is 9.78 Å². The van der Waals surface area contributed by atoms with E-state index < -0.39 is 5.91 Å². The van der Waals surface area contributed by atoms with Gasteiger partial charge in [-0.15, -0.1) is 5.10 Å². The molecule has 0 atom stereocenters. The van der Waals surface area contributed by atoms with Crippen LogP contribution in [-0.4, -0.2) is 44.0 Å². The molecule has 0 unspecified atom stereocenters. The lowest BCUT2D eigenvalue weighted by Gasteiger charge is -2.19. The van der Waals surface area contributed by atoms with Gasteiger partial charge in [0.15, 0.2) is 5.69 Å². The average Bonchev–Trinajstić information content (AvgIpc) is 3.54. The number of hydrogen-bond acceptors (Lipinski definition) is 9. The maximum Gasteiger partial charge on any atom is 0.293 e. The molecule has 0 saturated heterocycles. The van der Waals surface area contributed by atoms with Crippen molar-refractivity contribution in [3.05, 3.63) is 76.9 Å². The second kappa shape index (κ2) is 8.49. The molecule has 1 aliphatic heterocycles. The van der Waals surface area contributed by atoms with Gasteiger partial charge in [-0.25, -0.2) is 14.4 Å². The fourth-order valence-electron chi connectivity index (χ4n) is 3.65. The van der Waals surface area contributed by atoms with Crippen molar-refractivity contribution in [3.8, 4) is 5.82 Å². The molecule has 1 aliphatic rings. The lowest BCUT2D eigenvalue weighted by Crippen LogP contribution is -2.26. The molecular formula is C21H18FN9O2. The zero-order chi connectivity index (χ0) is 22.8. The van der Waals surface area contributed by atoms with Crippen LogP contribution in [0.15, 0.2) is 58.3 Å². The van der Waals surface area contributed by atoms with Crippen LogP contribution in [0.5, 0.6) is 0 Å². The first kappa shape index (κ1) is 20.3. The lowest BCUT2D eigenvalue weighted by atomic mass is 10.2. The Bertz CT molecular complexity index is 1330. The van der Waals surface area contributed by atoms with Crippen molar-refractivity contribution in [1.82, 2.24) is 30.7 Å². The number of nitrogen functional groups attached to an aromatic ring is 1. The first-order chi connectivity index (χ1) is 16.1. The van der Waals surface area contributed by atoms with Crippen molar-refractivity contribution in [3.63, 3.8) is 0 Å². The monoisotopic (exact) mass is 447 g/mol. The van der Waals surface area contributed by atoms with Crippen molar-refractivity contribution in [2.45, 2.75) is 13.0 Å². The Balaban J connectivity index is 1.43. The largest absolute Gasteiger partial charge is 0.378 e. The van der Waals surface area contributed by atoms with E-state index >= 15 is 0 Å². The van der Waals surface area contributed by atoms with Gasteiger partial charge in [0.1, 0.15) is 5.82 Å². The van der Waals surface area contributed by atoms with E-state index in [1.165, 1.54) is 40.7 Å². The highest BCUT2D eigenvalue weighted by atomic mass is 19.1. The SMILES string of the molecule is Nc1nonc1-n1nnc(C(=O)N/N=C\c2ccc(F)cc2)c1CN1CCc2ccccc21. The highest BCUT2D eigenvalue weighted by Crippen LogP contribution is 2.30. The number of carbonyl (C=O) groups excluding carboxylic acids is 1. The third-order valence-corrected chi connectivity index (χ3v) is 5.25. The third-order valence-electron chi connectivity index (χ3n) is 5.25. The first-order valence-electron chi connectivity index (χ1n) is 10.0. The molecule has 166 valence electrons. The number of hydrogen-bond donors (Lipinski definition) is 2. The number of aromatic nitrogens is 5. The normalized spacial score (nSPS) is 12.9. The molecule has 33 heavy (non-hydrogen) atoms. The molecule has 1 amide bonds. The number of benzene rings is 2. The summed E-state index contributed by atoms with van der Waals surface area (Å²) in [6.45, 7) is 1.08. The summed E-state index contributed by atoms with van der Waals surface area (Å²) < 4.78 is 19.1. The fourth-order valence-corrected chi connectivity index (χ4v) is 3.65. The Kier molecular flexibility index (Phi) is 5.23. The van der Waals surface area contributed by atoms with E-state index in [-0.39, 0.29) is 23.1 Å². The number of nitrogens with two attached hydrogens (primary N) is 1. The minimum atomic E-state index is -0.572. The quantitative estimate of drug-likeness (QED) is 0.336. The zero-order valence-corrected chi connectivity index (χ0v) is 17.2. The van der Waals surface area contributed by atoms with Crippen LogP contribution < -0.4 is 16.1 Å². The molecule has 12 heteroatoms. The van der Waals surface area contributed by atoms with Crippen LogP contribution in [0.1, 0.15) is 27.3 Å². The fraction of sp³-hybridized carbons (Fsp3) is 0.143. The number of para-hydroxylation sites is 1. The van der Waals surface area contributed by atoms with Crippen LogP contribution in [0.4, 0.5) is 15.9 Å². The maximum atomic E-state index is 13.0. The van der Waals surface area contributed by atoms with Crippen LogP contribution in [0.2, 0.25) is 0 Å². The summed E-state index contributed by atoms with van der Waals surface area (Å²) in [5, 5.41) is 19.4. The minimum absolute atomic E-state index is 0.0178.